The molecule has 1 unspecified atom stereocenters. The van der Waals surface area contributed by atoms with Crippen molar-refractivity contribution in [3.8, 4) is 0 Å². The van der Waals surface area contributed by atoms with Crippen molar-refractivity contribution in [2.75, 3.05) is 19.6 Å². The van der Waals surface area contributed by atoms with E-state index < -0.39 is 11.3 Å². The van der Waals surface area contributed by atoms with Crippen LogP contribution in [0.5, 0.6) is 0 Å². The van der Waals surface area contributed by atoms with Gasteiger partial charge in [-0.25, -0.2) is 0 Å². The molecule has 6 heteroatoms. The zero-order valence-corrected chi connectivity index (χ0v) is 14.7. The van der Waals surface area contributed by atoms with Gasteiger partial charge in [-0.1, -0.05) is 13.0 Å². The lowest BCUT2D eigenvalue weighted by Gasteiger charge is -2.23. The first-order valence-corrected chi connectivity index (χ1v) is 8.59. The zero-order valence-electron chi connectivity index (χ0n) is 14.7. The summed E-state index contributed by atoms with van der Waals surface area (Å²) in [5.74, 6) is -0.435. The number of hydrogen-bond donors (Lipinski definition) is 2. The minimum atomic E-state index is -0.460. The molecule has 132 valence electrons. The Kier molecular flexibility index (Phi) is 5.94. The van der Waals surface area contributed by atoms with Gasteiger partial charge in [0.25, 0.3) is 0 Å². The van der Waals surface area contributed by atoms with Crippen LogP contribution in [0, 0.1) is 12.3 Å². The van der Waals surface area contributed by atoms with E-state index in [1.165, 1.54) is 5.56 Å². The maximum Gasteiger partial charge on any atom is 0.237 e. The molecule has 1 aliphatic heterocycles. The minimum absolute atomic E-state index is 0.0155. The van der Waals surface area contributed by atoms with Crippen LogP contribution in [0.4, 0.5) is 0 Å². The first kappa shape index (κ1) is 18.4. The van der Waals surface area contributed by atoms with Gasteiger partial charge in [0.05, 0.1) is 6.54 Å². The maximum absolute atomic E-state index is 12.5. The lowest BCUT2D eigenvalue weighted by molar-refractivity contribution is -0.138. The van der Waals surface area contributed by atoms with Gasteiger partial charge in [-0.2, -0.15) is 0 Å². The van der Waals surface area contributed by atoms with Crippen molar-refractivity contribution in [3.63, 3.8) is 0 Å². The second-order valence-electron chi connectivity index (χ2n) is 6.94. The maximum atomic E-state index is 12.5. The van der Waals surface area contributed by atoms with Crippen LogP contribution in [-0.4, -0.2) is 41.3 Å². The number of carbonyl (C=O) groups is 2. The summed E-state index contributed by atoms with van der Waals surface area (Å²) in [5, 5.41) is 0. The molecule has 1 atom stereocenters. The molecular formula is C18H28N4O2. The minimum Gasteiger partial charge on any atom is -0.368 e. The number of nitrogens with zero attached hydrogens (tertiary/aromatic N) is 2. The lowest BCUT2D eigenvalue weighted by atomic mass is 9.83. The normalized spacial score (nSPS) is 20.6. The highest BCUT2D eigenvalue weighted by Gasteiger charge is 2.42. The fraction of sp³-hybridized carbons (Fsp3) is 0.611. The van der Waals surface area contributed by atoms with Crippen LogP contribution >= 0.6 is 0 Å². The molecule has 4 N–H and O–H groups in total. The molecule has 0 spiro atoms. The highest BCUT2D eigenvalue weighted by atomic mass is 16.2. The number of aryl methyl sites for hydroxylation is 3. The second-order valence-corrected chi connectivity index (χ2v) is 6.94. The zero-order chi connectivity index (χ0) is 17.7. The number of likely N-dealkylation sites (tertiary alicyclic amines) is 1. The lowest BCUT2D eigenvalue weighted by Crippen LogP contribution is -2.38. The monoisotopic (exact) mass is 332 g/mol. The third-order valence-electron chi connectivity index (χ3n) is 4.92. The molecule has 24 heavy (non-hydrogen) atoms. The van der Waals surface area contributed by atoms with Crippen molar-refractivity contribution < 1.29 is 9.59 Å². The highest BCUT2D eigenvalue weighted by Crippen LogP contribution is 2.35. The summed E-state index contributed by atoms with van der Waals surface area (Å²) in [6, 6.07) is 4.16. The molecule has 0 radical (unpaired) electrons. The predicted molar refractivity (Wildman–Crippen MR) is 93.2 cm³/mol. The quantitative estimate of drug-likeness (QED) is 0.739. The molecule has 2 heterocycles. The Bertz CT molecular complexity index is 617. The summed E-state index contributed by atoms with van der Waals surface area (Å²) in [4.78, 5) is 29.8. The molecule has 1 fully saturated rings. The largest absolute Gasteiger partial charge is 0.368 e. The van der Waals surface area contributed by atoms with Gasteiger partial charge in [-0.3, -0.25) is 14.6 Å². The number of carbonyl (C=O) groups excluding carboxylic acids is 2. The molecule has 0 aliphatic carbocycles. The van der Waals surface area contributed by atoms with E-state index in [1.54, 1.807) is 4.90 Å². The Hall–Kier alpha value is -1.95. The fourth-order valence-corrected chi connectivity index (χ4v) is 3.28. The summed E-state index contributed by atoms with van der Waals surface area (Å²) in [6.45, 7) is 5.29. The Balaban J connectivity index is 1.96. The molecule has 0 saturated carbocycles. The van der Waals surface area contributed by atoms with Crippen LogP contribution in [0.3, 0.4) is 0 Å². The molecular weight excluding hydrogens is 304 g/mol. The molecule has 1 aromatic heterocycles. The Morgan fingerprint density at radius 2 is 2.12 bits per heavy atom. The van der Waals surface area contributed by atoms with Gasteiger partial charge in [0.2, 0.25) is 11.8 Å². The number of aromatic nitrogens is 1. The van der Waals surface area contributed by atoms with E-state index in [9.17, 15) is 9.59 Å². The van der Waals surface area contributed by atoms with Gasteiger partial charge < -0.3 is 16.4 Å². The van der Waals surface area contributed by atoms with Crippen LogP contribution in [0.2, 0.25) is 0 Å². The second kappa shape index (κ2) is 7.75. The molecule has 1 aliphatic rings. The van der Waals surface area contributed by atoms with Gasteiger partial charge in [-0.15, -0.1) is 0 Å². The smallest absolute Gasteiger partial charge is 0.237 e. The van der Waals surface area contributed by atoms with E-state index in [1.807, 2.05) is 19.9 Å². The number of amides is 2. The van der Waals surface area contributed by atoms with E-state index >= 15 is 0 Å². The summed E-state index contributed by atoms with van der Waals surface area (Å²) in [5.41, 5.74) is 13.6. The summed E-state index contributed by atoms with van der Waals surface area (Å²) in [7, 11) is 0. The third-order valence-corrected chi connectivity index (χ3v) is 4.92. The van der Waals surface area contributed by atoms with Gasteiger partial charge in [0.15, 0.2) is 0 Å². The molecule has 1 aromatic rings. The van der Waals surface area contributed by atoms with Crippen molar-refractivity contribution in [2.45, 2.75) is 46.0 Å². The first-order chi connectivity index (χ1) is 11.4. The molecule has 2 rings (SSSR count). The third kappa shape index (κ3) is 4.32. The number of primary amides is 1. The van der Waals surface area contributed by atoms with E-state index in [0.29, 0.717) is 13.1 Å². The van der Waals surface area contributed by atoms with Crippen LogP contribution < -0.4 is 11.5 Å². The topological polar surface area (TPSA) is 102 Å². The van der Waals surface area contributed by atoms with E-state index in [4.69, 9.17) is 11.5 Å². The average molecular weight is 332 g/mol. The van der Waals surface area contributed by atoms with Crippen LogP contribution in [0.25, 0.3) is 0 Å². The molecule has 6 nitrogen and oxygen atoms in total. The fourth-order valence-electron chi connectivity index (χ4n) is 3.28. The van der Waals surface area contributed by atoms with Crippen molar-refractivity contribution in [3.05, 3.63) is 29.1 Å². The SMILES string of the molecule is Cc1nc(CCC2(C)CCN(CC(N)=O)C2=O)ccc1CCCN. The predicted octanol–water partition coefficient (Wildman–Crippen LogP) is 0.938. The van der Waals surface area contributed by atoms with Crippen LogP contribution in [0.1, 0.15) is 43.1 Å². The summed E-state index contributed by atoms with van der Waals surface area (Å²) < 4.78 is 0. The van der Waals surface area contributed by atoms with Crippen LogP contribution in [-0.2, 0) is 22.4 Å². The Morgan fingerprint density at radius 3 is 2.75 bits per heavy atom. The van der Waals surface area contributed by atoms with E-state index in [2.05, 4.69) is 11.1 Å². The van der Waals surface area contributed by atoms with Crippen molar-refractivity contribution in [1.82, 2.24) is 9.88 Å². The standard InChI is InChI=1S/C18H28N4O2/c1-13-14(4-3-10-19)5-6-15(21-13)7-8-18(2)9-11-22(17(18)24)12-16(20)23/h5-6H,3-4,7-12,19H2,1-2H3,(H2,20,23). The van der Waals surface area contributed by atoms with Crippen molar-refractivity contribution in [2.24, 2.45) is 16.9 Å². The average Bonchev–Trinajstić information content (AvgIpc) is 2.80. The van der Waals surface area contributed by atoms with Gasteiger partial charge >= 0.3 is 0 Å². The summed E-state index contributed by atoms with van der Waals surface area (Å²) >= 11 is 0. The molecule has 2 amide bonds. The van der Waals surface area contributed by atoms with Crippen molar-refractivity contribution >= 4 is 11.8 Å². The Labute approximate surface area is 143 Å². The number of rotatable bonds is 8. The molecule has 0 aromatic carbocycles. The summed E-state index contributed by atoms with van der Waals surface area (Å²) in [6.07, 6.45) is 4.16. The molecule has 1 saturated heterocycles. The number of hydrogen-bond acceptors (Lipinski definition) is 4. The number of pyridine rings is 1. The van der Waals surface area contributed by atoms with Gasteiger partial charge in [-0.05, 0) is 57.2 Å². The van der Waals surface area contributed by atoms with E-state index in [0.717, 1.165) is 43.5 Å². The van der Waals surface area contributed by atoms with Gasteiger partial charge in [0, 0.05) is 23.3 Å². The van der Waals surface area contributed by atoms with Crippen molar-refractivity contribution in [1.29, 1.82) is 0 Å². The molecule has 0 bridgehead atoms. The Morgan fingerprint density at radius 1 is 1.38 bits per heavy atom. The van der Waals surface area contributed by atoms with Crippen LogP contribution in [0.15, 0.2) is 12.1 Å². The highest BCUT2D eigenvalue weighted by molar-refractivity contribution is 5.88. The first-order valence-electron chi connectivity index (χ1n) is 8.59. The van der Waals surface area contributed by atoms with E-state index in [-0.39, 0.29) is 12.5 Å². The van der Waals surface area contributed by atoms with Gasteiger partial charge in [0.1, 0.15) is 0 Å². The number of nitrogens with two attached hydrogens (primary N) is 2.